The lowest BCUT2D eigenvalue weighted by molar-refractivity contribution is -0.380. The fourth-order valence-corrected chi connectivity index (χ4v) is 4.79. The zero-order chi connectivity index (χ0) is 24.8. The third kappa shape index (κ3) is 3.89. The number of hydrogen-bond donors (Lipinski definition) is 1. The number of hydrogen-bond acceptors (Lipinski definition) is 4. The summed E-state index contributed by atoms with van der Waals surface area (Å²) >= 11 is 0. The molecule has 3 aromatic carbocycles. The molecule has 1 saturated heterocycles. The second kappa shape index (κ2) is 8.27. The molecule has 4 aromatic rings. The third-order valence-corrected chi connectivity index (χ3v) is 6.47. The van der Waals surface area contributed by atoms with Crippen molar-refractivity contribution in [3.8, 4) is 11.4 Å². The summed E-state index contributed by atoms with van der Waals surface area (Å²) in [4.78, 5) is 0. The van der Waals surface area contributed by atoms with Crippen molar-refractivity contribution in [3.05, 3.63) is 84.3 Å². The Bertz CT molecular complexity index is 1360. The summed E-state index contributed by atoms with van der Waals surface area (Å²) < 4.78 is 69.2. The average molecular weight is 485 g/mol. The maximum Gasteiger partial charge on any atom is 0.419 e. The van der Waals surface area contributed by atoms with Crippen LogP contribution in [-0.2, 0) is 10.3 Å². The van der Waals surface area contributed by atoms with Crippen molar-refractivity contribution in [2.75, 3.05) is 19.0 Å². The lowest BCUT2D eigenvalue weighted by Crippen LogP contribution is -2.67. The van der Waals surface area contributed by atoms with Crippen molar-refractivity contribution in [1.82, 2.24) is 9.78 Å². The monoisotopic (exact) mass is 485 g/mol. The smallest absolute Gasteiger partial charge is 0.419 e. The van der Waals surface area contributed by atoms with Crippen LogP contribution in [0.25, 0.3) is 16.6 Å². The highest BCUT2D eigenvalue weighted by Gasteiger charge is 2.68. The molecule has 0 radical (unpaired) electrons. The first-order valence-electron chi connectivity index (χ1n) is 11.0. The minimum Gasteiger partial charge on any atom is -0.496 e. The van der Waals surface area contributed by atoms with E-state index >= 15 is 0 Å². The van der Waals surface area contributed by atoms with Gasteiger partial charge >= 0.3 is 6.18 Å². The van der Waals surface area contributed by atoms with Crippen molar-refractivity contribution in [3.63, 3.8) is 0 Å². The van der Waals surface area contributed by atoms with Gasteiger partial charge in [0.15, 0.2) is 5.60 Å². The second-order valence-corrected chi connectivity index (χ2v) is 8.83. The second-order valence-electron chi connectivity index (χ2n) is 8.83. The number of alkyl halides is 3. The number of nitrogens with one attached hydrogen (secondary N) is 1. The quantitative estimate of drug-likeness (QED) is 0.330. The first-order valence-corrected chi connectivity index (χ1v) is 11.0. The molecule has 0 saturated carbocycles. The van der Waals surface area contributed by atoms with Gasteiger partial charge in [-0.05, 0) is 49.4 Å². The molecule has 2 atom stereocenters. The average Bonchev–Trinajstić information content (AvgIpc) is 3.25. The van der Waals surface area contributed by atoms with E-state index in [-0.39, 0.29) is 11.3 Å². The van der Waals surface area contributed by atoms with Gasteiger partial charge in [0.2, 0.25) is 0 Å². The van der Waals surface area contributed by atoms with Gasteiger partial charge in [-0.25, -0.2) is 9.07 Å². The molecule has 35 heavy (non-hydrogen) atoms. The minimum absolute atomic E-state index is 0.242. The van der Waals surface area contributed by atoms with Crippen LogP contribution in [0.3, 0.4) is 0 Å². The van der Waals surface area contributed by atoms with Crippen LogP contribution in [0, 0.1) is 5.82 Å². The van der Waals surface area contributed by atoms with Crippen LogP contribution < -0.4 is 10.1 Å². The van der Waals surface area contributed by atoms with Crippen molar-refractivity contribution in [2.24, 2.45) is 0 Å². The molecule has 5 nitrogen and oxygen atoms in total. The molecule has 0 aliphatic carbocycles. The molecule has 0 spiro atoms. The third-order valence-electron chi connectivity index (χ3n) is 6.47. The maximum atomic E-state index is 14.2. The Morgan fingerprint density at radius 1 is 1.09 bits per heavy atom. The Kier molecular flexibility index (Phi) is 5.47. The molecule has 2 unspecified atom stereocenters. The van der Waals surface area contributed by atoms with Crippen molar-refractivity contribution >= 4 is 16.6 Å². The molecule has 182 valence electrons. The van der Waals surface area contributed by atoms with Crippen LogP contribution in [0.5, 0.6) is 5.75 Å². The Morgan fingerprint density at radius 2 is 1.83 bits per heavy atom. The fourth-order valence-electron chi connectivity index (χ4n) is 4.79. The van der Waals surface area contributed by atoms with E-state index in [1.807, 2.05) is 36.4 Å². The number of fused-ring (bicyclic) bond motifs is 1. The van der Waals surface area contributed by atoms with Crippen LogP contribution >= 0.6 is 0 Å². The number of benzene rings is 3. The number of para-hydroxylation sites is 1. The molecular formula is C26H23F4N3O2. The molecule has 1 fully saturated rings. The number of methoxy groups -OCH3 is 1. The van der Waals surface area contributed by atoms with Gasteiger partial charge in [-0.3, -0.25) is 0 Å². The number of ether oxygens (including phenoxy) is 2. The summed E-state index contributed by atoms with van der Waals surface area (Å²) in [7, 11) is 1.38. The molecule has 1 N–H and O–H groups in total. The summed E-state index contributed by atoms with van der Waals surface area (Å²) in [5.74, 6) is -0.300. The van der Waals surface area contributed by atoms with Gasteiger partial charge in [0.05, 0.1) is 36.7 Å². The van der Waals surface area contributed by atoms with Gasteiger partial charge in [-0.2, -0.15) is 18.3 Å². The molecule has 9 heteroatoms. The Balaban J connectivity index is 1.42. The van der Waals surface area contributed by atoms with E-state index in [4.69, 9.17) is 9.47 Å². The largest absolute Gasteiger partial charge is 0.496 e. The van der Waals surface area contributed by atoms with E-state index in [1.54, 1.807) is 23.0 Å². The van der Waals surface area contributed by atoms with Crippen molar-refractivity contribution in [1.29, 1.82) is 0 Å². The molecule has 1 aliphatic rings. The summed E-state index contributed by atoms with van der Waals surface area (Å²) in [5, 5.41) is 8.03. The lowest BCUT2D eigenvalue weighted by atomic mass is 9.75. The summed E-state index contributed by atoms with van der Waals surface area (Å²) in [6.45, 7) is 0.998. The molecule has 0 amide bonds. The van der Waals surface area contributed by atoms with Gasteiger partial charge in [-0.1, -0.05) is 24.3 Å². The highest BCUT2D eigenvalue weighted by Crippen LogP contribution is 2.57. The minimum atomic E-state index is -4.65. The van der Waals surface area contributed by atoms with Crippen molar-refractivity contribution < 1.29 is 27.0 Å². The molecular weight excluding hydrogens is 462 g/mol. The molecule has 5 rings (SSSR count). The Morgan fingerprint density at radius 3 is 2.51 bits per heavy atom. The van der Waals surface area contributed by atoms with E-state index < -0.39 is 36.2 Å². The zero-order valence-electron chi connectivity index (χ0n) is 19.1. The van der Waals surface area contributed by atoms with Crippen LogP contribution in [-0.4, -0.2) is 35.2 Å². The standard InChI is InChI=1S/C26H23F4N3O2/c1-24(20-13-17(27)11-12-23(20)34-2)15-25(35-24,26(28,29)30)16-31-21-9-6-10-22-19(21)14-32-33(22)18-7-4-3-5-8-18/h3-14,31H,15-16H2,1-2H3. The Labute approximate surface area is 199 Å². The Hall–Kier alpha value is -3.59. The lowest BCUT2D eigenvalue weighted by Gasteiger charge is -2.55. The van der Waals surface area contributed by atoms with Crippen LogP contribution in [0.1, 0.15) is 18.9 Å². The summed E-state index contributed by atoms with van der Waals surface area (Å²) in [6.07, 6.45) is -3.42. The fraction of sp³-hybridized carbons (Fsp3) is 0.269. The van der Waals surface area contributed by atoms with E-state index in [0.29, 0.717) is 11.1 Å². The molecule has 1 aliphatic heterocycles. The number of rotatable bonds is 6. The van der Waals surface area contributed by atoms with E-state index in [1.165, 1.54) is 26.2 Å². The first kappa shape index (κ1) is 23.2. The molecule has 2 heterocycles. The first-order chi connectivity index (χ1) is 16.7. The van der Waals surface area contributed by atoms with E-state index in [9.17, 15) is 17.6 Å². The predicted molar refractivity (Wildman–Crippen MR) is 124 cm³/mol. The van der Waals surface area contributed by atoms with Crippen molar-refractivity contribution in [2.45, 2.75) is 30.7 Å². The number of halogens is 4. The normalized spacial score (nSPS) is 22.1. The van der Waals surface area contributed by atoms with Crippen LogP contribution in [0.4, 0.5) is 23.2 Å². The zero-order valence-corrected chi connectivity index (χ0v) is 19.1. The van der Waals surface area contributed by atoms with E-state index in [2.05, 4.69) is 10.4 Å². The molecule has 1 aromatic heterocycles. The number of anilines is 1. The number of aromatic nitrogens is 2. The van der Waals surface area contributed by atoms with Gasteiger partial charge in [0.25, 0.3) is 0 Å². The van der Waals surface area contributed by atoms with Gasteiger partial charge in [0.1, 0.15) is 11.6 Å². The predicted octanol–water partition coefficient (Wildman–Crippen LogP) is 6.22. The van der Waals surface area contributed by atoms with Gasteiger partial charge in [0, 0.05) is 23.1 Å². The van der Waals surface area contributed by atoms with E-state index in [0.717, 1.165) is 17.3 Å². The highest BCUT2D eigenvalue weighted by atomic mass is 19.4. The summed E-state index contributed by atoms with van der Waals surface area (Å²) in [5.41, 5.74) is -1.45. The molecule has 0 bridgehead atoms. The van der Waals surface area contributed by atoms with Gasteiger partial charge in [-0.15, -0.1) is 0 Å². The highest BCUT2D eigenvalue weighted by molar-refractivity contribution is 5.92. The maximum absolute atomic E-state index is 14.2. The van der Waals surface area contributed by atoms with Crippen LogP contribution in [0.15, 0.2) is 72.9 Å². The number of nitrogens with zero attached hydrogens (tertiary/aromatic N) is 2. The SMILES string of the molecule is COc1ccc(F)cc1C1(C)CC(CNc2cccc3c2cnn3-c2ccccc2)(C(F)(F)F)O1. The topological polar surface area (TPSA) is 48.3 Å². The van der Waals surface area contributed by atoms with Gasteiger partial charge < -0.3 is 14.8 Å². The summed E-state index contributed by atoms with van der Waals surface area (Å²) in [6, 6.07) is 18.5. The van der Waals surface area contributed by atoms with Crippen LogP contribution in [0.2, 0.25) is 0 Å².